The summed E-state index contributed by atoms with van der Waals surface area (Å²) in [6, 6.07) is 0. The summed E-state index contributed by atoms with van der Waals surface area (Å²) in [5, 5.41) is 4.73. The van der Waals surface area contributed by atoms with Crippen molar-refractivity contribution in [3.63, 3.8) is 0 Å². The highest BCUT2D eigenvalue weighted by Gasteiger charge is 2.13. The molecular formula is C8H13IS. The highest BCUT2D eigenvalue weighted by molar-refractivity contribution is 14.2. The van der Waals surface area contributed by atoms with Gasteiger partial charge in [0.05, 0.1) is 0 Å². The van der Waals surface area contributed by atoms with E-state index in [4.69, 9.17) is 0 Å². The molecule has 1 aliphatic rings. The molecule has 58 valence electrons. The molecule has 1 heterocycles. The van der Waals surface area contributed by atoms with Crippen LogP contribution in [0.3, 0.4) is 0 Å². The molecule has 0 bridgehead atoms. The molecule has 0 fully saturated rings. The molecule has 0 nitrogen and oxygen atoms in total. The average Bonchev–Trinajstić information content (AvgIpc) is 2.33. The van der Waals surface area contributed by atoms with E-state index in [0.29, 0.717) is 0 Å². The van der Waals surface area contributed by atoms with Crippen LogP contribution in [0, 0.1) is 0 Å². The average molecular weight is 268 g/mol. The second kappa shape index (κ2) is 3.81. The van der Waals surface area contributed by atoms with Gasteiger partial charge in [-0.15, -0.1) is 7.20 Å². The van der Waals surface area contributed by atoms with Crippen molar-refractivity contribution in [2.45, 2.75) is 19.8 Å². The van der Waals surface area contributed by atoms with E-state index in [-0.39, 0.29) is 0 Å². The van der Waals surface area contributed by atoms with Crippen LogP contribution in [0.25, 0.3) is 0 Å². The summed E-state index contributed by atoms with van der Waals surface area (Å²) in [5.41, 5.74) is 0. The maximum Gasteiger partial charge on any atom is -0.00730 e. The van der Waals surface area contributed by atoms with Gasteiger partial charge >= 0.3 is 0 Å². The molecule has 0 aromatic heterocycles. The fourth-order valence-electron chi connectivity index (χ4n) is 0.899. The first-order chi connectivity index (χ1) is 4.77. The first-order valence-corrected chi connectivity index (χ1v) is 8.09. The highest BCUT2D eigenvalue weighted by Crippen LogP contribution is 2.61. The van der Waals surface area contributed by atoms with Crippen LogP contribution in [0.2, 0.25) is 0 Å². The molecule has 1 rings (SSSR count). The summed E-state index contributed by atoms with van der Waals surface area (Å²) in [7, 11) is -0.457. The van der Waals surface area contributed by atoms with Crippen molar-refractivity contribution in [2.75, 3.05) is 5.75 Å². The molecule has 0 aromatic carbocycles. The van der Waals surface area contributed by atoms with Gasteiger partial charge in [-0.3, -0.25) is 0 Å². The van der Waals surface area contributed by atoms with Crippen molar-refractivity contribution >= 4 is 28.4 Å². The summed E-state index contributed by atoms with van der Waals surface area (Å²) >= 11 is 2.60. The van der Waals surface area contributed by atoms with Crippen molar-refractivity contribution in [3.8, 4) is 0 Å². The Kier molecular flexibility index (Phi) is 3.30. The lowest BCUT2D eigenvalue weighted by molar-refractivity contribution is 0.896. The first-order valence-electron chi connectivity index (χ1n) is 3.62. The zero-order valence-corrected chi connectivity index (χ0v) is 9.19. The molecule has 10 heavy (non-hydrogen) atoms. The Morgan fingerprint density at radius 1 is 1.30 bits per heavy atom. The molecule has 0 unspecified atom stereocenters. The number of halogens is 1. The third kappa shape index (κ3) is 2.31. The van der Waals surface area contributed by atoms with Crippen LogP contribution >= 0.6 is 28.4 Å². The van der Waals surface area contributed by atoms with E-state index in [2.05, 4.69) is 51.1 Å². The third-order valence-corrected chi connectivity index (χ3v) is 6.75. The third-order valence-electron chi connectivity index (χ3n) is 1.53. The number of hydrogen-bond donors (Lipinski definition) is 0. The fourth-order valence-corrected chi connectivity index (χ4v) is 4.65. The monoisotopic (exact) mass is 268 g/mol. The van der Waals surface area contributed by atoms with E-state index < -0.39 is 7.20 Å². The highest BCUT2D eigenvalue weighted by atomic mass is 127. The van der Waals surface area contributed by atoms with Crippen molar-refractivity contribution < 1.29 is 0 Å². The standard InChI is InChI=1S/C8H13IS/c1-2-3-6-10(9)7-4-5-8-10/h4-5,7-8H,2-3,6H2,1H3. The minimum atomic E-state index is -0.457. The molecule has 2 heteroatoms. The van der Waals surface area contributed by atoms with Gasteiger partial charge in [-0.25, -0.2) is 0 Å². The second-order valence-electron chi connectivity index (χ2n) is 2.47. The molecule has 0 aliphatic carbocycles. The Morgan fingerprint density at radius 3 is 2.40 bits per heavy atom. The summed E-state index contributed by atoms with van der Waals surface area (Å²) in [5.74, 6) is 1.37. The number of hydrogen-bond acceptors (Lipinski definition) is 0. The van der Waals surface area contributed by atoms with Gasteiger partial charge in [0.2, 0.25) is 0 Å². The van der Waals surface area contributed by atoms with Crippen molar-refractivity contribution in [1.29, 1.82) is 0 Å². The summed E-state index contributed by atoms with van der Waals surface area (Å²) in [6.45, 7) is 2.25. The van der Waals surface area contributed by atoms with Crippen LogP contribution < -0.4 is 0 Å². The van der Waals surface area contributed by atoms with E-state index >= 15 is 0 Å². The van der Waals surface area contributed by atoms with Gasteiger partial charge in [0.1, 0.15) is 0 Å². The Morgan fingerprint density at radius 2 is 1.90 bits per heavy atom. The number of allylic oxidation sites excluding steroid dienone is 2. The Hall–Kier alpha value is 0.560. The molecular weight excluding hydrogens is 255 g/mol. The van der Waals surface area contributed by atoms with E-state index in [1.54, 1.807) is 0 Å². The predicted molar refractivity (Wildman–Crippen MR) is 59.7 cm³/mol. The van der Waals surface area contributed by atoms with E-state index in [9.17, 15) is 0 Å². The predicted octanol–water partition coefficient (Wildman–Crippen LogP) is 3.98. The quantitative estimate of drug-likeness (QED) is 0.679. The number of rotatable bonds is 3. The zero-order valence-electron chi connectivity index (χ0n) is 6.22. The Labute approximate surface area is 76.7 Å². The van der Waals surface area contributed by atoms with E-state index in [0.717, 1.165) is 0 Å². The Balaban J connectivity index is 2.38. The van der Waals surface area contributed by atoms with Gasteiger partial charge in [-0.1, -0.05) is 25.5 Å². The zero-order chi connectivity index (χ0) is 7.45. The fraction of sp³-hybridized carbons (Fsp3) is 0.500. The minimum Gasteiger partial charge on any atom is -0.147 e. The van der Waals surface area contributed by atoms with Gasteiger partial charge in [0.15, 0.2) is 0 Å². The maximum atomic E-state index is 2.60. The van der Waals surface area contributed by atoms with Crippen LogP contribution in [0.4, 0.5) is 0 Å². The number of unbranched alkanes of at least 4 members (excludes halogenated alkanes) is 1. The molecule has 0 N–H and O–H groups in total. The van der Waals surface area contributed by atoms with Gasteiger partial charge in [-0.05, 0) is 44.2 Å². The SMILES string of the molecule is CCCCS1(I)C=CC=C1. The lowest BCUT2D eigenvalue weighted by Gasteiger charge is -2.22. The first kappa shape index (κ1) is 8.65. The Bertz CT molecular complexity index is 149. The molecule has 0 spiro atoms. The van der Waals surface area contributed by atoms with Crippen LogP contribution in [-0.2, 0) is 0 Å². The minimum absolute atomic E-state index is 0.457. The van der Waals surface area contributed by atoms with Gasteiger partial charge in [-0.2, -0.15) is 0 Å². The molecule has 0 saturated heterocycles. The van der Waals surface area contributed by atoms with Crippen LogP contribution in [-0.4, -0.2) is 5.75 Å². The lowest BCUT2D eigenvalue weighted by Crippen LogP contribution is -1.87. The molecule has 0 radical (unpaired) electrons. The van der Waals surface area contributed by atoms with E-state index in [1.165, 1.54) is 18.6 Å². The largest absolute Gasteiger partial charge is 0.147 e. The van der Waals surface area contributed by atoms with Crippen molar-refractivity contribution in [1.82, 2.24) is 0 Å². The molecule has 0 aromatic rings. The van der Waals surface area contributed by atoms with Crippen molar-refractivity contribution in [3.05, 3.63) is 23.0 Å². The van der Waals surface area contributed by atoms with Crippen LogP contribution in [0.15, 0.2) is 23.0 Å². The summed E-state index contributed by atoms with van der Waals surface area (Å²) < 4.78 is 0. The molecule has 0 atom stereocenters. The summed E-state index contributed by atoms with van der Waals surface area (Å²) in [4.78, 5) is 0. The van der Waals surface area contributed by atoms with Gasteiger partial charge in [0.25, 0.3) is 0 Å². The van der Waals surface area contributed by atoms with Gasteiger partial charge < -0.3 is 0 Å². The molecule has 0 amide bonds. The van der Waals surface area contributed by atoms with Gasteiger partial charge in [0, 0.05) is 0 Å². The normalized spacial score (nSPS) is 23.4. The van der Waals surface area contributed by atoms with Crippen molar-refractivity contribution in [2.24, 2.45) is 0 Å². The topological polar surface area (TPSA) is 0 Å². The summed E-state index contributed by atoms with van der Waals surface area (Å²) in [6.07, 6.45) is 7.04. The lowest BCUT2D eigenvalue weighted by atomic mass is 10.4. The maximum absolute atomic E-state index is 2.60. The van der Waals surface area contributed by atoms with Crippen LogP contribution in [0.5, 0.6) is 0 Å². The second-order valence-corrected chi connectivity index (χ2v) is 9.86. The van der Waals surface area contributed by atoms with Crippen LogP contribution in [0.1, 0.15) is 19.8 Å². The molecule has 0 saturated carbocycles. The van der Waals surface area contributed by atoms with E-state index in [1.807, 2.05) is 0 Å². The smallest absolute Gasteiger partial charge is 0.00730 e. The molecule has 1 aliphatic heterocycles.